The molecule has 9 heteroatoms. The summed E-state index contributed by atoms with van der Waals surface area (Å²) in [6.45, 7) is 7.16. The van der Waals surface area contributed by atoms with Gasteiger partial charge in [-0.3, -0.25) is 14.5 Å². The van der Waals surface area contributed by atoms with Crippen molar-refractivity contribution in [2.24, 2.45) is 5.92 Å². The molecule has 30 heavy (non-hydrogen) atoms. The molecule has 0 aromatic carbocycles. The van der Waals surface area contributed by atoms with Crippen molar-refractivity contribution in [3.05, 3.63) is 53.7 Å². The van der Waals surface area contributed by atoms with Crippen molar-refractivity contribution in [1.82, 2.24) is 24.7 Å². The largest absolute Gasteiger partial charge is 0.350 e. The van der Waals surface area contributed by atoms with E-state index in [-0.39, 0.29) is 17.9 Å². The molecule has 3 aromatic heterocycles. The van der Waals surface area contributed by atoms with Crippen molar-refractivity contribution < 1.29 is 4.79 Å². The van der Waals surface area contributed by atoms with Gasteiger partial charge in [-0.25, -0.2) is 4.98 Å². The first-order valence-electron chi connectivity index (χ1n) is 9.99. The summed E-state index contributed by atoms with van der Waals surface area (Å²) < 4.78 is 1.88. The minimum absolute atomic E-state index is 0.0200. The maximum Gasteiger partial charge on any atom is 0.247 e. The zero-order valence-electron chi connectivity index (χ0n) is 17.6. The number of pyridine rings is 1. The van der Waals surface area contributed by atoms with Crippen molar-refractivity contribution >= 4 is 23.4 Å². The van der Waals surface area contributed by atoms with Gasteiger partial charge in [-0.15, -0.1) is 0 Å². The van der Waals surface area contributed by atoms with Crippen LogP contribution >= 0.6 is 0 Å². The third-order valence-electron chi connectivity index (χ3n) is 5.18. The van der Waals surface area contributed by atoms with E-state index in [2.05, 4.69) is 30.7 Å². The molecule has 0 saturated heterocycles. The number of carbonyl (C=O) groups excluding carboxylic acids is 1. The van der Waals surface area contributed by atoms with Crippen LogP contribution in [-0.2, 0) is 17.9 Å². The molecule has 4 rings (SSSR count). The van der Waals surface area contributed by atoms with Crippen LogP contribution in [0.1, 0.15) is 30.7 Å². The summed E-state index contributed by atoms with van der Waals surface area (Å²) in [6.07, 6.45) is 7.42. The van der Waals surface area contributed by atoms with Crippen LogP contribution in [0.2, 0.25) is 0 Å². The second-order valence-corrected chi connectivity index (χ2v) is 7.88. The second kappa shape index (κ2) is 8.10. The molecule has 0 saturated carbocycles. The van der Waals surface area contributed by atoms with Gasteiger partial charge >= 0.3 is 0 Å². The molecule has 1 aliphatic rings. The lowest BCUT2D eigenvalue weighted by molar-refractivity contribution is -0.118. The highest BCUT2D eigenvalue weighted by Crippen LogP contribution is 2.34. The molecule has 9 nitrogen and oxygen atoms in total. The standard InChI is InChI=1S/C21H26N8O/c1-13(2)18-20(30)26-17-14(3)25-21(27-19(17)28(18)4)23-9-16-10-24-29(12-16)11-15-6-5-7-22-8-15/h5-8,10,12-13,18H,9,11H2,1-4H3,(H,26,30)(H,23,25,27). The van der Waals surface area contributed by atoms with Gasteiger partial charge in [-0.2, -0.15) is 10.1 Å². The molecule has 0 bridgehead atoms. The summed E-state index contributed by atoms with van der Waals surface area (Å²) in [5, 5.41) is 10.7. The molecule has 1 atom stereocenters. The molecule has 156 valence electrons. The Bertz CT molecular complexity index is 1050. The summed E-state index contributed by atoms with van der Waals surface area (Å²) >= 11 is 0. The number of aryl methyl sites for hydroxylation is 1. The van der Waals surface area contributed by atoms with Gasteiger partial charge in [-0.05, 0) is 24.5 Å². The highest BCUT2D eigenvalue weighted by atomic mass is 16.2. The highest BCUT2D eigenvalue weighted by molar-refractivity contribution is 6.03. The van der Waals surface area contributed by atoms with Crippen LogP contribution in [0, 0.1) is 12.8 Å². The first-order valence-corrected chi connectivity index (χ1v) is 9.99. The number of nitrogens with zero attached hydrogens (tertiary/aromatic N) is 6. The topological polar surface area (TPSA) is 101 Å². The van der Waals surface area contributed by atoms with Crippen LogP contribution < -0.4 is 15.5 Å². The molecule has 1 unspecified atom stereocenters. The predicted molar refractivity (Wildman–Crippen MR) is 115 cm³/mol. The van der Waals surface area contributed by atoms with Crippen LogP contribution in [-0.4, -0.2) is 43.7 Å². The molecule has 3 aromatic rings. The number of amides is 1. The van der Waals surface area contributed by atoms with Crippen LogP contribution in [0.4, 0.5) is 17.5 Å². The molecule has 0 spiro atoms. The van der Waals surface area contributed by atoms with E-state index in [9.17, 15) is 4.79 Å². The summed E-state index contributed by atoms with van der Waals surface area (Å²) in [5.74, 6) is 1.40. The minimum atomic E-state index is -0.259. The van der Waals surface area contributed by atoms with Gasteiger partial charge in [0.2, 0.25) is 11.9 Å². The number of hydrogen-bond donors (Lipinski definition) is 2. The van der Waals surface area contributed by atoms with Gasteiger partial charge in [0.15, 0.2) is 5.82 Å². The lowest BCUT2D eigenvalue weighted by Crippen LogP contribution is -2.49. The van der Waals surface area contributed by atoms with E-state index in [1.54, 1.807) is 6.20 Å². The number of hydrogen-bond acceptors (Lipinski definition) is 7. The summed E-state index contributed by atoms with van der Waals surface area (Å²) in [7, 11) is 1.90. The highest BCUT2D eigenvalue weighted by Gasteiger charge is 2.35. The van der Waals surface area contributed by atoms with Crippen molar-refractivity contribution in [2.75, 3.05) is 22.6 Å². The monoisotopic (exact) mass is 406 g/mol. The molecule has 2 N–H and O–H groups in total. The molecular weight excluding hydrogens is 380 g/mol. The summed E-state index contributed by atoms with van der Waals surface area (Å²) in [4.78, 5) is 27.7. The normalized spacial score (nSPS) is 15.8. The third kappa shape index (κ3) is 3.96. The number of aromatic nitrogens is 5. The van der Waals surface area contributed by atoms with E-state index >= 15 is 0 Å². The Labute approximate surface area is 175 Å². The van der Waals surface area contributed by atoms with E-state index in [1.807, 2.05) is 68.1 Å². The maximum atomic E-state index is 12.5. The fraction of sp³-hybridized carbons (Fsp3) is 0.381. The molecule has 0 fully saturated rings. The SMILES string of the molecule is Cc1nc(NCc2cnn(Cc3cccnc3)c2)nc2c1NC(=O)C(C(C)C)N2C. The molecule has 0 radical (unpaired) electrons. The molecule has 4 heterocycles. The smallest absolute Gasteiger partial charge is 0.247 e. The average molecular weight is 406 g/mol. The Morgan fingerprint density at radius 2 is 2.07 bits per heavy atom. The zero-order chi connectivity index (χ0) is 21.3. The molecule has 0 aliphatic carbocycles. The minimum Gasteiger partial charge on any atom is -0.350 e. The summed E-state index contributed by atoms with van der Waals surface area (Å²) in [5.41, 5.74) is 3.53. The van der Waals surface area contributed by atoms with E-state index in [0.717, 1.165) is 22.6 Å². The van der Waals surface area contributed by atoms with Crippen LogP contribution in [0.25, 0.3) is 0 Å². The predicted octanol–water partition coefficient (Wildman–Crippen LogP) is 2.45. The van der Waals surface area contributed by atoms with Crippen molar-refractivity contribution in [3.63, 3.8) is 0 Å². The molecular formula is C21H26N8O. The Hall–Kier alpha value is -3.49. The Kier molecular flexibility index (Phi) is 5.35. The third-order valence-corrected chi connectivity index (χ3v) is 5.18. The van der Waals surface area contributed by atoms with E-state index < -0.39 is 0 Å². The summed E-state index contributed by atoms with van der Waals surface area (Å²) in [6, 6.07) is 3.68. The average Bonchev–Trinajstić information content (AvgIpc) is 3.15. The molecule has 1 aliphatic heterocycles. The van der Waals surface area contributed by atoms with E-state index in [4.69, 9.17) is 0 Å². The quantitative estimate of drug-likeness (QED) is 0.648. The fourth-order valence-electron chi connectivity index (χ4n) is 3.74. The van der Waals surface area contributed by atoms with Gasteiger partial charge in [-0.1, -0.05) is 19.9 Å². The van der Waals surface area contributed by atoms with E-state index in [1.165, 1.54) is 0 Å². The van der Waals surface area contributed by atoms with Crippen LogP contribution in [0.5, 0.6) is 0 Å². The van der Waals surface area contributed by atoms with Gasteiger partial charge in [0.1, 0.15) is 11.7 Å². The number of carbonyl (C=O) groups is 1. The van der Waals surface area contributed by atoms with Crippen molar-refractivity contribution in [1.29, 1.82) is 0 Å². The van der Waals surface area contributed by atoms with Crippen molar-refractivity contribution in [3.8, 4) is 0 Å². The maximum absolute atomic E-state index is 12.5. The van der Waals surface area contributed by atoms with Crippen LogP contribution in [0.15, 0.2) is 36.9 Å². The van der Waals surface area contributed by atoms with Gasteiger partial charge in [0, 0.05) is 37.7 Å². The first kappa shape index (κ1) is 19.8. The zero-order valence-corrected chi connectivity index (χ0v) is 17.6. The Morgan fingerprint density at radius 3 is 2.80 bits per heavy atom. The number of rotatable bonds is 6. The Balaban J connectivity index is 1.47. The van der Waals surface area contributed by atoms with Crippen LogP contribution in [0.3, 0.4) is 0 Å². The lowest BCUT2D eigenvalue weighted by Gasteiger charge is -2.36. The van der Waals surface area contributed by atoms with Crippen molar-refractivity contribution in [2.45, 2.75) is 39.9 Å². The number of likely N-dealkylation sites (N-methyl/N-ethyl adjacent to an activating group) is 1. The lowest BCUT2D eigenvalue weighted by atomic mass is 9.99. The van der Waals surface area contributed by atoms with Gasteiger partial charge in [0.25, 0.3) is 0 Å². The molecule has 1 amide bonds. The number of nitrogens with one attached hydrogen (secondary N) is 2. The number of fused-ring (bicyclic) bond motifs is 1. The second-order valence-electron chi connectivity index (χ2n) is 7.88. The first-order chi connectivity index (χ1) is 14.4. The van der Waals surface area contributed by atoms with E-state index in [0.29, 0.717) is 24.7 Å². The fourth-order valence-corrected chi connectivity index (χ4v) is 3.74. The van der Waals surface area contributed by atoms with Gasteiger partial charge < -0.3 is 15.5 Å². The van der Waals surface area contributed by atoms with Gasteiger partial charge in [0.05, 0.1) is 18.4 Å². The Morgan fingerprint density at radius 1 is 1.23 bits per heavy atom. The number of anilines is 3.